The largest absolute Gasteiger partial charge is 0.377 e. The van der Waals surface area contributed by atoms with Gasteiger partial charge in [-0.2, -0.15) is 0 Å². The number of hydrogen-bond acceptors (Lipinski definition) is 3. The van der Waals surface area contributed by atoms with Gasteiger partial charge in [-0.05, 0) is 38.5 Å². The molecule has 0 amide bonds. The molecule has 1 aliphatic rings. The maximum Gasteiger partial charge on any atom is 0.101 e. The van der Waals surface area contributed by atoms with Gasteiger partial charge in [0, 0.05) is 14.2 Å². The summed E-state index contributed by atoms with van der Waals surface area (Å²) in [5, 5.41) is 0.773. The minimum Gasteiger partial charge on any atom is -0.377 e. The highest BCUT2D eigenvalue weighted by molar-refractivity contribution is 9.10. The number of ether oxygens (including phenoxy) is 1. The molecule has 0 saturated carbocycles. The lowest BCUT2D eigenvalue weighted by Gasteiger charge is -2.44. The summed E-state index contributed by atoms with van der Waals surface area (Å²) in [6.45, 7) is 7.87. The molecule has 1 fully saturated rings. The van der Waals surface area contributed by atoms with E-state index in [1.165, 1.54) is 0 Å². The summed E-state index contributed by atoms with van der Waals surface area (Å²) >= 11 is 11.5. The average molecular weight is 351 g/mol. The molecule has 100 valence electrons. The molecule has 2 rings (SSSR count). The van der Waals surface area contributed by atoms with Crippen molar-refractivity contribution < 1.29 is 4.74 Å². The third-order valence-electron chi connectivity index (χ3n) is 2.70. The van der Waals surface area contributed by atoms with Gasteiger partial charge in [0.05, 0.1) is 13.2 Å². The predicted octanol–water partition coefficient (Wildman–Crippen LogP) is 4.36. The third-order valence-corrected chi connectivity index (χ3v) is 4.61. The van der Waals surface area contributed by atoms with Crippen molar-refractivity contribution in [2.24, 2.45) is 0 Å². The van der Waals surface area contributed by atoms with Gasteiger partial charge >= 0.3 is 0 Å². The van der Waals surface area contributed by atoms with E-state index in [4.69, 9.17) is 16.3 Å². The Morgan fingerprint density at radius 1 is 1.39 bits per heavy atom. The van der Waals surface area contributed by atoms with Crippen LogP contribution in [0.5, 0.6) is 0 Å². The Kier molecular flexibility index (Phi) is 4.34. The van der Waals surface area contributed by atoms with Crippen LogP contribution in [0.25, 0.3) is 0 Å². The monoisotopic (exact) mass is 349 g/mol. The molecule has 0 aliphatic carbocycles. The Hall–Kier alpha value is 0.260. The second-order valence-electron chi connectivity index (χ2n) is 5.52. The summed E-state index contributed by atoms with van der Waals surface area (Å²) < 4.78 is 10.1. The van der Waals surface area contributed by atoms with Gasteiger partial charge in [-0.15, -0.1) is 0 Å². The predicted molar refractivity (Wildman–Crippen MR) is 82.1 cm³/mol. The van der Waals surface area contributed by atoms with Crippen LogP contribution in [-0.4, -0.2) is 18.0 Å². The summed E-state index contributed by atoms with van der Waals surface area (Å²) in [5.74, 6) is 0. The Bertz CT molecular complexity index is 443. The highest BCUT2D eigenvalue weighted by atomic mass is 79.9. The molecule has 2 nitrogen and oxygen atoms in total. The summed E-state index contributed by atoms with van der Waals surface area (Å²) in [7, 11) is 0. The second kappa shape index (κ2) is 5.33. The van der Waals surface area contributed by atoms with Gasteiger partial charge in [-0.3, -0.25) is 0 Å². The van der Waals surface area contributed by atoms with Crippen LogP contribution < -0.4 is 4.72 Å². The van der Waals surface area contributed by atoms with E-state index >= 15 is 0 Å². The van der Waals surface area contributed by atoms with Gasteiger partial charge in [0.2, 0.25) is 0 Å². The molecule has 0 unspecified atom stereocenters. The van der Waals surface area contributed by atoms with E-state index in [1.807, 2.05) is 12.1 Å². The van der Waals surface area contributed by atoms with Crippen LogP contribution >= 0.6 is 39.5 Å². The first-order chi connectivity index (χ1) is 8.32. The van der Waals surface area contributed by atoms with E-state index in [0.29, 0.717) is 13.2 Å². The Balaban J connectivity index is 2.21. The molecule has 5 heteroatoms. The van der Waals surface area contributed by atoms with Gasteiger partial charge < -0.3 is 4.74 Å². The van der Waals surface area contributed by atoms with Crippen LogP contribution in [0, 0.1) is 0 Å². The first-order valence-corrected chi connectivity index (χ1v) is 7.80. The SMILES string of the molecule is CC(C)(C)SNC1(c2ccc(Br)cc2Cl)COC1. The highest BCUT2D eigenvalue weighted by Crippen LogP contribution is 2.38. The van der Waals surface area contributed by atoms with Crippen molar-refractivity contribution in [1.82, 2.24) is 4.72 Å². The second-order valence-corrected chi connectivity index (χ2v) is 8.47. The van der Waals surface area contributed by atoms with E-state index in [2.05, 4.69) is 47.5 Å². The van der Waals surface area contributed by atoms with E-state index in [9.17, 15) is 0 Å². The van der Waals surface area contributed by atoms with E-state index < -0.39 is 0 Å². The zero-order valence-electron chi connectivity index (χ0n) is 10.7. The molecule has 1 heterocycles. The first kappa shape index (κ1) is 14.7. The van der Waals surface area contributed by atoms with Crippen LogP contribution in [-0.2, 0) is 10.3 Å². The number of hydrogen-bond donors (Lipinski definition) is 1. The topological polar surface area (TPSA) is 21.3 Å². The summed E-state index contributed by atoms with van der Waals surface area (Å²) in [5.41, 5.74) is 0.950. The molecular formula is C13H17BrClNOS. The van der Waals surface area contributed by atoms with Gasteiger partial charge in [0.15, 0.2) is 0 Å². The molecule has 0 aromatic heterocycles. The molecule has 1 N–H and O–H groups in total. The molecule has 18 heavy (non-hydrogen) atoms. The Morgan fingerprint density at radius 3 is 2.50 bits per heavy atom. The fraction of sp³-hybridized carbons (Fsp3) is 0.538. The maximum absolute atomic E-state index is 6.34. The lowest BCUT2D eigenvalue weighted by molar-refractivity contribution is -0.0651. The summed E-state index contributed by atoms with van der Waals surface area (Å²) in [6.07, 6.45) is 0. The zero-order valence-corrected chi connectivity index (χ0v) is 13.9. The van der Waals surface area contributed by atoms with Crippen molar-refractivity contribution in [2.45, 2.75) is 31.1 Å². The van der Waals surface area contributed by atoms with Crippen LogP contribution in [0.1, 0.15) is 26.3 Å². The van der Waals surface area contributed by atoms with Gasteiger partial charge in [-0.1, -0.05) is 45.5 Å². The van der Waals surface area contributed by atoms with Crippen molar-refractivity contribution in [3.63, 3.8) is 0 Å². The number of halogens is 2. The molecule has 1 saturated heterocycles. The maximum atomic E-state index is 6.34. The minimum absolute atomic E-state index is 0.157. The molecule has 1 aliphatic heterocycles. The average Bonchev–Trinajstić information content (AvgIpc) is 2.17. The van der Waals surface area contributed by atoms with Crippen molar-refractivity contribution in [3.05, 3.63) is 33.3 Å². The highest BCUT2D eigenvalue weighted by Gasteiger charge is 2.42. The molecule has 1 aromatic carbocycles. The van der Waals surface area contributed by atoms with Gasteiger partial charge in [-0.25, -0.2) is 4.72 Å². The third kappa shape index (κ3) is 3.23. The normalized spacial score (nSPS) is 18.5. The van der Waals surface area contributed by atoms with E-state index in [-0.39, 0.29) is 10.3 Å². The van der Waals surface area contributed by atoms with Crippen molar-refractivity contribution in [2.75, 3.05) is 13.2 Å². The van der Waals surface area contributed by atoms with Gasteiger partial charge in [0.1, 0.15) is 5.54 Å². The molecule has 0 bridgehead atoms. The van der Waals surface area contributed by atoms with Crippen LogP contribution in [0.2, 0.25) is 5.02 Å². The number of rotatable bonds is 3. The lowest BCUT2D eigenvalue weighted by atomic mass is 9.89. The quantitative estimate of drug-likeness (QED) is 0.818. The minimum atomic E-state index is -0.157. The number of benzene rings is 1. The van der Waals surface area contributed by atoms with Gasteiger partial charge in [0.25, 0.3) is 0 Å². The fourth-order valence-electron chi connectivity index (χ4n) is 1.70. The standard InChI is InChI=1S/C13H17BrClNOS/c1-12(2,3)18-16-13(7-17-8-13)10-5-4-9(14)6-11(10)15/h4-6,16H,7-8H2,1-3H3. The molecule has 1 aromatic rings. The molecule has 0 radical (unpaired) electrons. The summed E-state index contributed by atoms with van der Waals surface area (Å²) in [4.78, 5) is 0. The molecular weight excluding hydrogens is 334 g/mol. The van der Waals surface area contributed by atoms with E-state index in [0.717, 1.165) is 15.1 Å². The Labute approximate surface area is 126 Å². The number of nitrogens with one attached hydrogen (secondary N) is 1. The summed E-state index contributed by atoms with van der Waals surface area (Å²) in [6, 6.07) is 6.01. The van der Waals surface area contributed by atoms with Crippen LogP contribution in [0.4, 0.5) is 0 Å². The first-order valence-electron chi connectivity index (χ1n) is 5.81. The van der Waals surface area contributed by atoms with Crippen molar-refractivity contribution in [1.29, 1.82) is 0 Å². The lowest BCUT2D eigenvalue weighted by Crippen LogP contribution is -2.56. The van der Waals surface area contributed by atoms with Crippen LogP contribution in [0.15, 0.2) is 22.7 Å². The molecule has 0 atom stereocenters. The Morgan fingerprint density at radius 2 is 2.06 bits per heavy atom. The molecule has 0 spiro atoms. The smallest absolute Gasteiger partial charge is 0.101 e. The fourth-order valence-corrected chi connectivity index (χ4v) is 3.29. The zero-order chi connectivity index (χ0) is 13.4. The van der Waals surface area contributed by atoms with Crippen LogP contribution in [0.3, 0.4) is 0 Å². The van der Waals surface area contributed by atoms with Crippen molar-refractivity contribution >= 4 is 39.5 Å². The van der Waals surface area contributed by atoms with E-state index in [1.54, 1.807) is 11.9 Å². The van der Waals surface area contributed by atoms with Crippen molar-refractivity contribution in [3.8, 4) is 0 Å².